The quantitative estimate of drug-likeness (QED) is 0.683. The van der Waals surface area contributed by atoms with E-state index in [2.05, 4.69) is 20.4 Å². The molecule has 1 amide bonds. The summed E-state index contributed by atoms with van der Waals surface area (Å²) >= 11 is 0. The second-order valence-corrected chi connectivity index (χ2v) is 6.53. The largest absolute Gasteiger partial charge is 0.492 e. The van der Waals surface area contributed by atoms with Gasteiger partial charge >= 0.3 is 0 Å². The molecule has 0 radical (unpaired) electrons. The summed E-state index contributed by atoms with van der Waals surface area (Å²) in [6, 6.07) is 17.4. The lowest BCUT2D eigenvalue weighted by atomic mass is 10.1. The minimum Gasteiger partial charge on any atom is -0.492 e. The van der Waals surface area contributed by atoms with Crippen LogP contribution in [0, 0.1) is 0 Å². The van der Waals surface area contributed by atoms with E-state index in [4.69, 9.17) is 4.74 Å². The molecule has 2 heterocycles. The number of aromatic nitrogens is 2. The van der Waals surface area contributed by atoms with Crippen LogP contribution in [0.3, 0.4) is 0 Å². The number of nitrogens with zero attached hydrogens (tertiary/aromatic N) is 3. The predicted molar refractivity (Wildman–Crippen MR) is 105 cm³/mol. The van der Waals surface area contributed by atoms with Crippen molar-refractivity contribution >= 4 is 22.5 Å². The molecular weight excluding hydrogens is 340 g/mol. The van der Waals surface area contributed by atoms with Crippen molar-refractivity contribution in [1.29, 1.82) is 0 Å². The number of ether oxygens (including phenoxy) is 1. The van der Waals surface area contributed by atoms with Crippen LogP contribution in [-0.4, -0.2) is 42.3 Å². The van der Waals surface area contributed by atoms with Gasteiger partial charge < -0.3 is 15.0 Å². The van der Waals surface area contributed by atoms with E-state index in [1.165, 1.54) is 12.8 Å². The maximum Gasteiger partial charge on any atom is 0.272 e. The Morgan fingerprint density at radius 2 is 1.67 bits per heavy atom. The van der Waals surface area contributed by atoms with E-state index in [-0.39, 0.29) is 5.91 Å². The summed E-state index contributed by atoms with van der Waals surface area (Å²) in [5.41, 5.74) is 0.355. The molecule has 3 aromatic rings. The monoisotopic (exact) mass is 362 g/mol. The molecule has 0 atom stereocenters. The Balaban J connectivity index is 1.46. The summed E-state index contributed by atoms with van der Waals surface area (Å²) in [6.45, 7) is 2.77. The number of fused-ring (bicyclic) bond motifs is 1. The van der Waals surface area contributed by atoms with Crippen molar-refractivity contribution in [3.63, 3.8) is 0 Å². The number of carbonyl (C=O) groups is 1. The van der Waals surface area contributed by atoms with E-state index in [1.807, 2.05) is 54.6 Å². The fraction of sp³-hybridized carbons (Fsp3) is 0.286. The molecule has 0 saturated carbocycles. The SMILES string of the molecule is O=C(NCCOc1ccccc1)c1nnc(N2CCCC2)c2ccccc12. The number of rotatable bonds is 6. The number of hydrogen-bond acceptors (Lipinski definition) is 5. The molecule has 138 valence electrons. The maximum absolute atomic E-state index is 12.6. The summed E-state index contributed by atoms with van der Waals surface area (Å²) in [4.78, 5) is 14.9. The average Bonchev–Trinajstić information content (AvgIpc) is 3.25. The molecule has 0 spiro atoms. The van der Waals surface area contributed by atoms with Gasteiger partial charge in [-0.2, -0.15) is 0 Å². The highest BCUT2D eigenvalue weighted by molar-refractivity contribution is 6.07. The third kappa shape index (κ3) is 3.84. The zero-order valence-electron chi connectivity index (χ0n) is 15.1. The molecule has 0 unspecified atom stereocenters. The first-order valence-corrected chi connectivity index (χ1v) is 9.29. The van der Waals surface area contributed by atoms with Crippen LogP contribution in [0.1, 0.15) is 23.3 Å². The van der Waals surface area contributed by atoms with Crippen molar-refractivity contribution in [2.75, 3.05) is 31.1 Å². The van der Waals surface area contributed by atoms with Crippen LogP contribution in [0.4, 0.5) is 5.82 Å². The summed E-state index contributed by atoms with van der Waals surface area (Å²) in [5, 5.41) is 13.3. The lowest BCUT2D eigenvalue weighted by molar-refractivity contribution is 0.0943. The van der Waals surface area contributed by atoms with E-state index in [1.54, 1.807) is 0 Å². The standard InChI is InChI=1S/C21H22N4O2/c26-21(22-12-15-27-16-8-2-1-3-9-16)19-17-10-4-5-11-18(17)20(24-23-19)25-13-6-7-14-25/h1-5,8-11H,6-7,12-15H2,(H,22,26). The number of amides is 1. The third-order valence-corrected chi connectivity index (χ3v) is 4.69. The Hall–Kier alpha value is -3.15. The Bertz CT molecular complexity index is 924. The number of carbonyl (C=O) groups excluding carboxylic acids is 1. The van der Waals surface area contributed by atoms with Gasteiger partial charge in [0.15, 0.2) is 11.5 Å². The van der Waals surface area contributed by atoms with Crippen LogP contribution in [-0.2, 0) is 0 Å². The van der Waals surface area contributed by atoms with Crippen LogP contribution in [0.25, 0.3) is 10.8 Å². The van der Waals surface area contributed by atoms with Crippen LogP contribution >= 0.6 is 0 Å². The molecular formula is C21H22N4O2. The average molecular weight is 362 g/mol. The van der Waals surface area contributed by atoms with Crippen molar-refractivity contribution in [3.8, 4) is 5.75 Å². The highest BCUT2D eigenvalue weighted by Gasteiger charge is 2.20. The Morgan fingerprint density at radius 3 is 2.44 bits per heavy atom. The number of para-hydroxylation sites is 1. The second kappa shape index (κ2) is 8.03. The Morgan fingerprint density at radius 1 is 0.963 bits per heavy atom. The van der Waals surface area contributed by atoms with Gasteiger partial charge in [-0.1, -0.05) is 42.5 Å². The fourth-order valence-corrected chi connectivity index (χ4v) is 3.35. The predicted octanol–water partition coefficient (Wildman–Crippen LogP) is 3.04. The summed E-state index contributed by atoms with van der Waals surface area (Å²) in [6.07, 6.45) is 2.33. The van der Waals surface area contributed by atoms with E-state index in [0.29, 0.717) is 18.8 Å². The zero-order valence-corrected chi connectivity index (χ0v) is 15.1. The molecule has 1 aliphatic rings. The molecule has 4 rings (SSSR count). The lowest BCUT2D eigenvalue weighted by Gasteiger charge is -2.18. The van der Waals surface area contributed by atoms with E-state index in [0.717, 1.165) is 35.4 Å². The second-order valence-electron chi connectivity index (χ2n) is 6.53. The van der Waals surface area contributed by atoms with Gasteiger partial charge in [0.25, 0.3) is 5.91 Å². The minimum absolute atomic E-state index is 0.233. The molecule has 1 N–H and O–H groups in total. The van der Waals surface area contributed by atoms with Gasteiger partial charge in [-0.15, -0.1) is 10.2 Å². The molecule has 1 aliphatic heterocycles. The summed E-state index contributed by atoms with van der Waals surface area (Å²) in [7, 11) is 0. The number of hydrogen-bond donors (Lipinski definition) is 1. The number of anilines is 1. The van der Waals surface area contributed by atoms with E-state index >= 15 is 0 Å². The first-order chi connectivity index (χ1) is 13.3. The molecule has 27 heavy (non-hydrogen) atoms. The van der Waals surface area contributed by atoms with Crippen LogP contribution in [0.5, 0.6) is 5.75 Å². The van der Waals surface area contributed by atoms with E-state index in [9.17, 15) is 4.79 Å². The van der Waals surface area contributed by atoms with Gasteiger partial charge in [-0.05, 0) is 25.0 Å². The molecule has 1 saturated heterocycles. The van der Waals surface area contributed by atoms with Crippen molar-refractivity contribution in [3.05, 3.63) is 60.3 Å². The van der Waals surface area contributed by atoms with Gasteiger partial charge in [0, 0.05) is 23.9 Å². The van der Waals surface area contributed by atoms with Crippen LogP contribution in [0.15, 0.2) is 54.6 Å². The van der Waals surface area contributed by atoms with Crippen LogP contribution in [0.2, 0.25) is 0 Å². The van der Waals surface area contributed by atoms with Gasteiger partial charge in [0.05, 0.1) is 6.54 Å². The summed E-state index contributed by atoms with van der Waals surface area (Å²) < 4.78 is 5.61. The molecule has 1 fully saturated rings. The summed E-state index contributed by atoms with van der Waals surface area (Å²) in [5.74, 6) is 1.42. The number of benzene rings is 2. The Labute approximate surface area is 158 Å². The Kier molecular flexibility index (Phi) is 5.14. The normalized spacial score (nSPS) is 13.7. The third-order valence-electron chi connectivity index (χ3n) is 4.69. The van der Waals surface area contributed by atoms with E-state index < -0.39 is 0 Å². The van der Waals surface area contributed by atoms with Crippen molar-refractivity contribution in [1.82, 2.24) is 15.5 Å². The maximum atomic E-state index is 12.6. The topological polar surface area (TPSA) is 67.3 Å². The van der Waals surface area contributed by atoms with Gasteiger partial charge in [-0.3, -0.25) is 4.79 Å². The minimum atomic E-state index is -0.233. The molecule has 2 aromatic carbocycles. The molecule has 1 aromatic heterocycles. The molecule has 0 bridgehead atoms. The highest BCUT2D eigenvalue weighted by Crippen LogP contribution is 2.28. The molecule has 0 aliphatic carbocycles. The lowest BCUT2D eigenvalue weighted by Crippen LogP contribution is -2.29. The van der Waals surface area contributed by atoms with Gasteiger partial charge in [0.1, 0.15) is 12.4 Å². The first kappa shape index (κ1) is 17.3. The first-order valence-electron chi connectivity index (χ1n) is 9.29. The number of nitrogens with one attached hydrogen (secondary N) is 1. The fourth-order valence-electron chi connectivity index (χ4n) is 3.35. The molecule has 6 heteroatoms. The molecule has 6 nitrogen and oxygen atoms in total. The smallest absolute Gasteiger partial charge is 0.272 e. The van der Waals surface area contributed by atoms with Crippen LogP contribution < -0.4 is 15.0 Å². The highest BCUT2D eigenvalue weighted by atomic mass is 16.5. The van der Waals surface area contributed by atoms with Gasteiger partial charge in [0.2, 0.25) is 0 Å². The van der Waals surface area contributed by atoms with Crippen molar-refractivity contribution in [2.24, 2.45) is 0 Å². The zero-order chi connectivity index (χ0) is 18.5. The van der Waals surface area contributed by atoms with Gasteiger partial charge in [-0.25, -0.2) is 0 Å². The van der Waals surface area contributed by atoms with Crippen molar-refractivity contribution in [2.45, 2.75) is 12.8 Å². The van der Waals surface area contributed by atoms with Crippen molar-refractivity contribution < 1.29 is 9.53 Å².